The summed E-state index contributed by atoms with van der Waals surface area (Å²) in [6.45, 7) is 0. The molecule has 3 aromatic rings. The fourth-order valence-corrected chi connectivity index (χ4v) is 3.17. The predicted octanol–water partition coefficient (Wildman–Crippen LogP) is 4.28. The van der Waals surface area contributed by atoms with Gasteiger partial charge in [-0.1, -0.05) is 17.7 Å². The molecule has 1 heterocycles. The summed E-state index contributed by atoms with van der Waals surface area (Å²) in [5.41, 5.74) is 4.25. The summed E-state index contributed by atoms with van der Waals surface area (Å²) < 4.78 is 27.5. The smallest absolute Gasteiger partial charge is 0.265 e. The maximum Gasteiger partial charge on any atom is 0.265 e. The fraction of sp³-hybridized carbons (Fsp3) is 0. The van der Waals surface area contributed by atoms with E-state index in [0.29, 0.717) is 10.9 Å². The maximum absolute atomic E-state index is 14.0. The Hall–Kier alpha value is -3.30. The average molecular weight is 436 g/mol. The fourth-order valence-electron chi connectivity index (χ4n) is 2.38. The molecule has 0 saturated heterocycles. The number of carbonyl (C=O) groups excluding carboxylic acids is 3. The second kappa shape index (κ2) is 8.38. The van der Waals surface area contributed by atoms with Gasteiger partial charge in [0.25, 0.3) is 17.7 Å². The molecule has 4 N–H and O–H groups in total. The van der Waals surface area contributed by atoms with Crippen molar-refractivity contribution >= 4 is 52.0 Å². The largest absolute Gasteiger partial charge is 0.366 e. The van der Waals surface area contributed by atoms with E-state index in [2.05, 4.69) is 10.6 Å². The van der Waals surface area contributed by atoms with Crippen LogP contribution < -0.4 is 16.4 Å². The van der Waals surface area contributed by atoms with Gasteiger partial charge in [0.15, 0.2) is 0 Å². The standard InChI is InChI=1S/C19H12ClF2N3O3S/c20-11-4-3-9(6-14(11)24-19(28)16-2-1-5-29-16)18(27)25-15-7-10(17(23)26)12(21)8-13(15)22/h1-8H,(H2,23,26)(H,24,28)(H,25,27). The number of nitrogens with one attached hydrogen (secondary N) is 2. The highest BCUT2D eigenvalue weighted by molar-refractivity contribution is 7.12. The SMILES string of the molecule is NC(=O)c1cc(NC(=O)c2ccc(Cl)c(NC(=O)c3cccs3)c2)c(F)cc1F. The summed E-state index contributed by atoms with van der Waals surface area (Å²) in [7, 11) is 0. The molecule has 0 saturated carbocycles. The molecule has 0 aliphatic rings. The highest BCUT2D eigenvalue weighted by atomic mass is 35.5. The van der Waals surface area contributed by atoms with E-state index in [1.54, 1.807) is 17.5 Å². The minimum Gasteiger partial charge on any atom is -0.366 e. The number of hydrogen-bond donors (Lipinski definition) is 3. The van der Waals surface area contributed by atoms with Crippen molar-refractivity contribution < 1.29 is 23.2 Å². The molecule has 2 aromatic carbocycles. The van der Waals surface area contributed by atoms with Crippen LogP contribution in [-0.4, -0.2) is 17.7 Å². The maximum atomic E-state index is 14.0. The van der Waals surface area contributed by atoms with Crippen LogP contribution in [0.25, 0.3) is 0 Å². The van der Waals surface area contributed by atoms with E-state index >= 15 is 0 Å². The van der Waals surface area contributed by atoms with Crippen molar-refractivity contribution in [3.05, 3.63) is 80.5 Å². The van der Waals surface area contributed by atoms with Gasteiger partial charge < -0.3 is 16.4 Å². The van der Waals surface area contributed by atoms with E-state index in [0.717, 1.165) is 6.07 Å². The Kier molecular flexibility index (Phi) is 5.90. The van der Waals surface area contributed by atoms with Crippen LogP contribution in [0.4, 0.5) is 20.2 Å². The lowest BCUT2D eigenvalue weighted by molar-refractivity contribution is 0.0991. The van der Waals surface area contributed by atoms with E-state index in [-0.39, 0.29) is 16.3 Å². The molecule has 0 atom stereocenters. The van der Waals surface area contributed by atoms with Gasteiger partial charge in [0.05, 0.1) is 26.8 Å². The van der Waals surface area contributed by atoms with Gasteiger partial charge in [0.2, 0.25) is 0 Å². The number of rotatable bonds is 5. The highest BCUT2D eigenvalue weighted by Gasteiger charge is 2.17. The van der Waals surface area contributed by atoms with Crippen LogP contribution in [-0.2, 0) is 0 Å². The normalized spacial score (nSPS) is 10.4. The minimum absolute atomic E-state index is 0.0419. The molecule has 0 radical (unpaired) electrons. The average Bonchev–Trinajstić information content (AvgIpc) is 3.20. The van der Waals surface area contributed by atoms with Crippen molar-refractivity contribution in [2.45, 2.75) is 0 Å². The first-order chi connectivity index (χ1) is 13.8. The molecule has 3 rings (SSSR count). The number of nitrogens with two attached hydrogens (primary N) is 1. The Bertz CT molecular complexity index is 1120. The zero-order valence-electron chi connectivity index (χ0n) is 14.5. The first kappa shape index (κ1) is 20.4. The van der Waals surface area contributed by atoms with Crippen LogP contribution in [0.15, 0.2) is 47.8 Å². The van der Waals surface area contributed by atoms with E-state index in [4.69, 9.17) is 17.3 Å². The molecule has 10 heteroatoms. The summed E-state index contributed by atoms with van der Waals surface area (Å²) >= 11 is 7.30. The number of primary amides is 1. The number of benzene rings is 2. The summed E-state index contributed by atoms with van der Waals surface area (Å²) in [5, 5.41) is 6.75. The number of amides is 3. The molecule has 6 nitrogen and oxygen atoms in total. The molecule has 3 amide bonds. The predicted molar refractivity (Wildman–Crippen MR) is 107 cm³/mol. The van der Waals surface area contributed by atoms with E-state index in [9.17, 15) is 23.2 Å². The van der Waals surface area contributed by atoms with Gasteiger partial charge in [0.1, 0.15) is 11.6 Å². The Morgan fingerprint density at radius 2 is 1.66 bits per heavy atom. The van der Waals surface area contributed by atoms with E-state index < -0.39 is 40.6 Å². The quantitative estimate of drug-likeness (QED) is 0.557. The van der Waals surface area contributed by atoms with Crippen LogP contribution in [0.3, 0.4) is 0 Å². The zero-order valence-corrected chi connectivity index (χ0v) is 16.0. The third-order valence-corrected chi connectivity index (χ3v) is 4.99. The van der Waals surface area contributed by atoms with Gasteiger partial charge in [-0.2, -0.15) is 0 Å². The number of thiophene rings is 1. The van der Waals surface area contributed by atoms with Crippen molar-refractivity contribution in [3.8, 4) is 0 Å². The second-order valence-corrected chi connectivity index (χ2v) is 7.11. The molecule has 148 valence electrons. The molecule has 0 unspecified atom stereocenters. The topological polar surface area (TPSA) is 101 Å². The third-order valence-electron chi connectivity index (χ3n) is 3.79. The molecular formula is C19H12ClF2N3O3S. The second-order valence-electron chi connectivity index (χ2n) is 5.76. The first-order valence-electron chi connectivity index (χ1n) is 8.01. The van der Waals surface area contributed by atoms with E-state index in [1.165, 1.54) is 29.5 Å². The first-order valence-corrected chi connectivity index (χ1v) is 9.26. The van der Waals surface area contributed by atoms with Crippen molar-refractivity contribution in [3.63, 3.8) is 0 Å². The van der Waals surface area contributed by atoms with Gasteiger partial charge in [-0.05, 0) is 35.7 Å². The molecule has 29 heavy (non-hydrogen) atoms. The van der Waals surface area contributed by atoms with Gasteiger partial charge in [-0.3, -0.25) is 14.4 Å². The summed E-state index contributed by atoms with van der Waals surface area (Å²) in [5.74, 6) is -4.51. The van der Waals surface area contributed by atoms with Gasteiger partial charge >= 0.3 is 0 Å². The van der Waals surface area contributed by atoms with Crippen LogP contribution in [0.5, 0.6) is 0 Å². The molecule has 0 spiro atoms. The summed E-state index contributed by atoms with van der Waals surface area (Å²) in [6.07, 6.45) is 0. The number of halogens is 3. The molecule has 0 bridgehead atoms. The van der Waals surface area contributed by atoms with Crippen LogP contribution in [0, 0.1) is 11.6 Å². The molecule has 0 fully saturated rings. The third kappa shape index (κ3) is 4.58. The number of anilines is 2. The van der Waals surface area contributed by atoms with Gasteiger partial charge in [0, 0.05) is 11.6 Å². The van der Waals surface area contributed by atoms with Crippen molar-refractivity contribution in [1.82, 2.24) is 0 Å². The number of hydrogen-bond acceptors (Lipinski definition) is 4. The molecule has 1 aromatic heterocycles. The molecule has 0 aliphatic heterocycles. The van der Waals surface area contributed by atoms with Crippen LogP contribution in [0.1, 0.15) is 30.4 Å². The molecule has 0 aliphatic carbocycles. The lowest BCUT2D eigenvalue weighted by Crippen LogP contribution is -2.17. The summed E-state index contributed by atoms with van der Waals surface area (Å²) in [4.78, 5) is 36.3. The van der Waals surface area contributed by atoms with Crippen molar-refractivity contribution in [2.24, 2.45) is 5.73 Å². The van der Waals surface area contributed by atoms with Gasteiger partial charge in [-0.15, -0.1) is 11.3 Å². The lowest BCUT2D eigenvalue weighted by Gasteiger charge is -2.11. The highest BCUT2D eigenvalue weighted by Crippen LogP contribution is 2.26. The summed E-state index contributed by atoms with van der Waals surface area (Å²) in [6, 6.07) is 8.64. The minimum atomic E-state index is -1.14. The monoisotopic (exact) mass is 435 g/mol. The zero-order chi connectivity index (χ0) is 21.1. The number of carbonyl (C=O) groups is 3. The Morgan fingerprint density at radius 1 is 0.931 bits per heavy atom. The Morgan fingerprint density at radius 3 is 2.31 bits per heavy atom. The van der Waals surface area contributed by atoms with Crippen molar-refractivity contribution in [2.75, 3.05) is 10.6 Å². The Balaban J connectivity index is 1.84. The lowest BCUT2D eigenvalue weighted by atomic mass is 10.1. The van der Waals surface area contributed by atoms with E-state index in [1.807, 2.05) is 0 Å². The van der Waals surface area contributed by atoms with Crippen molar-refractivity contribution in [1.29, 1.82) is 0 Å². The van der Waals surface area contributed by atoms with Crippen LogP contribution in [0.2, 0.25) is 5.02 Å². The van der Waals surface area contributed by atoms with Crippen LogP contribution >= 0.6 is 22.9 Å². The molecular weight excluding hydrogens is 424 g/mol. The Labute approximate surface area is 172 Å². The van der Waals surface area contributed by atoms with Gasteiger partial charge in [-0.25, -0.2) is 8.78 Å².